The Morgan fingerprint density at radius 3 is 2.70 bits per heavy atom. The predicted molar refractivity (Wildman–Crippen MR) is 109 cm³/mol. The van der Waals surface area contributed by atoms with Crippen molar-refractivity contribution in [2.45, 2.75) is 13.0 Å². The molecule has 4 aromatic rings. The van der Waals surface area contributed by atoms with Crippen LogP contribution >= 0.6 is 22.7 Å². The lowest BCUT2D eigenvalue weighted by Crippen LogP contribution is -1.90. The molecule has 1 atom stereocenters. The van der Waals surface area contributed by atoms with E-state index in [9.17, 15) is 4.79 Å². The van der Waals surface area contributed by atoms with Crippen LogP contribution in [0.1, 0.15) is 28.2 Å². The Kier molecular flexibility index (Phi) is 4.79. The highest BCUT2D eigenvalue weighted by Gasteiger charge is 2.11. The van der Waals surface area contributed by atoms with Crippen molar-refractivity contribution >= 4 is 44.0 Å². The lowest BCUT2D eigenvalue weighted by atomic mass is 10.1. The molecular formula is C20H15N3O2S2. The molecule has 0 aliphatic heterocycles. The molecule has 134 valence electrons. The van der Waals surface area contributed by atoms with Gasteiger partial charge in [-0.1, -0.05) is 41.7 Å². The second-order valence-corrected chi connectivity index (χ2v) is 8.04. The molecule has 1 N–H and O–H groups in total. The van der Waals surface area contributed by atoms with E-state index in [1.165, 1.54) is 22.7 Å². The zero-order chi connectivity index (χ0) is 18.8. The van der Waals surface area contributed by atoms with Gasteiger partial charge in [-0.3, -0.25) is 0 Å². The van der Waals surface area contributed by atoms with Crippen LogP contribution in [-0.4, -0.2) is 16.1 Å². The van der Waals surface area contributed by atoms with Gasteiger partial charge in [0, 0.05) is 4.88 Å². The fourth-order valence-corrected chi connectivity index (χ4v) is 4.30. The molecule has 0 bridgehead atoms. The molecule has 0 aliphatic carbocycles. The number of thiophene rings is 1. The number of hydrogen-bond acceptors (Lipinski definition) is 6. The molecule has 5 nitrogen and oxygen atoms in total. The monoisotopic (exact) mass is 393 g/mol. The second kappa shape index (κ2) is 7.38. The molecule has 0 radical (unpaired) electrons. The van der Waals surface area contributed by atoms with E-state index in [0.717, 1.165) is 26.2 Å². The van der Waals surface area contributed by atoms with E-state index in [-0.39, 0.29) is 6.04 Å². The Balaban J connectivity index is 1.56. The number of nitrogens with zero attached hydrogens (tertiary/aromatic N) is 3. The highest BCUT2D eigenvalue weighted by molar-refractivity contribution is 7.21. The number of para-hydroxylation sites is 1. The molecule has 2 aromatic carbocycles. The highest BCUT2D eigenvalue weighted by atomic mass is 32.1. The summed E-state index contributed by atoms with van der Waals surface area (Å²) in [4.78, 5) is 16.8. The molecule has 4 rings (SSSR count). The fourth-order valence-electron chi connectivity index (χ4n) is 2.67. The summed E-state index contributed by atoms with van der Waals surface area (Å²) in [5, 5.41) is 18.5. The van der Waals surface area contributed by atoms with Crippen LogP contribution in [0.15, 0.2) is 70.9 Å². The first-order valence-corrected chi connectivity index (χ1v) is 9.93. The van der Waals surface area contributed by atoms with Gasteiger partial charge in [0.25, 0.3) is 0 Å². The van der Waals surface area contributed by atoms with E-state index >= 15 is 0 Å². The average molecular weight is 393 g/mol. The maximum Gasteiger partial charge on any atom is 0.345 e. The zero-order valence-corrected chi connectivity index (χ0v) is 16.0. The molecule has 0 aliphatic rings. The van der Waals surface area contributed by atoms with Crippen LogP contribution in [-0.2, 0) is 0 Å². The van der Waals surface area contributed by atoms with Crippen LogP contribution in [0, 0.1) is 0 Å². The summed E-state index contributed by atoms with van der Waals surface area (Å²) in [7, 11) is 0. The molecule has 2 aromatic heterocycles. The Morgan fingerprint density at radius 2 is 1.93 bits per heavy atom. The van der Waals surface area contributed by atoms with Crippen molar-refractivity contribution in [1.29, 1.82) is 0 Å². The molecule has 7 heteroatoms. The van der Waals surface area contributed by atoms with Crippen molar-refractivity contribution in [3.05, 3.63) is 71.1 Å². The third kappa shape index (κ3) is 3.79. The van der Waals surface area contributed by atoms with Gasteiger partial charge in [0.1, 0.15) is 4.88 Å². The molecule has 0 amide bonds. The first-order chi connectivity index (χ1) is 13.1. The smallest absolute Gasteiger partial charge is 0.345 e. The number of aromatic nitrogens is 1. The van der Waals surface area contributed by atoms with Crippen molar-refractivity contribution in [2.75, 3.05) is 0 Å². The minimum absolute atomic E-state index is 0.129. The minimum Gasteiger partial charge on any atom is -0.477 e. The second-order valence-electron chi connectivity index (χ2n) is 5.95. The van der Waals surface area contributed by atoms with E-state index in [1.807, 2.05) is 61.5 Å². The zero-order valence-electron chi connectivity index (χ0n) is 14.4. The fraction of sp³-hybridized carbons (Fsp3) is 0.100. The number of hydrogen-bond donors (Lipinski definition) is 1. The van der Waals surface area contributed by atoms with Crippen LogP contribution in [0.25, 0.3) is 20.7 Å². The largest absolute Gasteiger partial charge is 0.477 e. The predicted octanol–water partition coefficient (Wildman–Crippen LogP) is 6.57. The van der Waals surface area contributed by atoms with Crippen molar-refractivity contribution < 1.29 is 9.90 Å². The average Bonchev–Trinajstić information content (AvgIpc) is 3.33. The lowest BCUT2D eigenvalue weighted by molar-refractivity contribution is 0.0702. The van der Waals surface area contributed by atoms with E-state index in [1.54, 1.807) is 6.07 Å². The third-order valence-corrected chi connectivity index (χ3v) is 6.11. The van der Waals surface area contributed by atoms with Crippen LogP contribution < -0.4 is 0 Å². The van der Waals surface area contributed by atoms with Crippen LogP contribution in [0.2, 0.25) is 0 Å². The number of benzene rings is 2. The number of fused-ring (bicyclic) bond motifs is 1. The first kappa shape index (κ1) is 17.5. The molecule has 2 heterocycles. The van der Waals surface area contributed by atoms with E-state index in [0.29, 0.717) is 10.0 Å². The molecule has 1 unspecified atom stereocenters. The standard InChI is InChI=1S/C20H15N3O2S2/c1-12(22-23-20-21-15-7-2-3-8-17(15)27-20)13-5-4-6-14(11-13)16-9-10-18(26-16)19(24)25/h2-12H,1H3,(H,24,25). The maximum absolute atomic E-state index is 11.1. The number of thiazole rings is 1. The van der Waals surface area contributed by atoms with Crippen LogP contribution in [0.4, 0.5) is 5.13 Å². The Hall–Kier alpha value is -2.90. The summed E-state index contributed by atoms with van der Waals surface area (Å²) in [5.74, 6) is -0.902. The van der Waals surface area contributed by atoms with Crippen molar-refractivity contribution in [3.63, 3.8) is 0 Å². The van der Waals surface area contributed by atoms with Gasteiger partial charge in [-0.2, -0.15) is 5.11 Å². The van der Waals surface area contributed by atoms with Gasteiger partial charge in [-0.05, 0) is 48.4 Å². The first-order valence-electron chi connectivity index (χ1n) is 8.30. The Morgan fingerprint density at radius 1 is 1.07 bits per heavy atom. The SMILES string of the molecule is CC(N=Nc1nc2ccccc2s1)c1cccc(-c2ccc(C(=O)O)s2)c1. The quantitative estimate of drug-likeness (QED) is 0.390. The van der Waals surface area contributed by atoms with E-state index < -0.39 is 5.97 Å². The molecular weight excluding hydrogens is 378 g/mol. The summed E-state index contributed by atoms with van der Waals surface area (Å²) >= 11 is 2.78. The van der Waals surface area contributed by atoms with Crippen molar-refractivity contribution in [3.8, 4) is 10.4 Å². The van der Waals surface area contributed by atoms with Crippen LogP contribution in [0.5, 0.6) is 0 Å². The maximum atomic E-state index is 11.1. The molecule has 0 saturated heterocycles. The summed E-state index contributed by atoms with van der Waals surface area (Å²) in [5.41, 5.74) is 2.92. The Labute approximate surface area is 163 Å². The Bertz CT molecular complexity index is 1110. The molecule has 0 fully saturated rings. The molecule has 0 spiro atoms. The van der Waals surface area contributed by atoms with Crippen molar-refractivity contribution in [2.24, 2.45) is 10.2 Å². The van der Waals surface area contributed by atoms with Gasteiger partial charge in [-0.25, -0.2) is 9.78 Å². The van der Waals surface area contributed by atoms with Gasteiger partial charge in [-0.15, -0.1) is 16.5 Å². The van der Waals surface area contributed by atoms with Gasteiger partial charge in [0.2, 0.25) is 5.13 Å². The third-order valence-electron chi connectivity index (χ3n) is 4.07. The van der Waals surface area contributed by atoms with Gasteiger partial charge < -0.3 is 5.11 Å². The summed E-state index contributed by atoms with van der Waals surface area (Å²) < 4.78 is 1.09. The van der Waals surface area contributed by atoms with E-state index in [2.05, 4.69) is 15.2 Å². The minimum atomic E-state index is -0.902. The number of rotatable bonds is 5. The number of azo groups is 1. The number of carboxylic acids is 1. The van der Waals surface area contributed by atoms with Gasteiger partial charge >= 0.3 is 5.97 Å². The number of aromatic carboxylic acids is 1. The topological polar surface area (TPSA) is 74.9 Å². The highest BCUT2D eigenvalue weighted by Crippen LogP contribution is 2.32. The van der Waals surface area contributed by atoms with Crippen LogP contribution in [0.3, 0.4) is 0 Å². The molecule has 0 saturated carbocycles. The van der Waals surface area contributed by atoms with Gasteiger partial charge in [0.05, 0.1) is 16.3 Å². The normalized spacial score (nSPS) is 12.6. The van der Waals surface area contributed by atoms with E-state index in [4.69, 9.17) is 5.11 Å². The lowest BCUT2D eigenvalue weighted by Gasteiger charge is -2.07. The summed E-state index contributed by atoms with van der Waals surface area (Å²) in [6.07, 6.45) is 0. The van der Waals surface area contributed by atoms with Gasteiger partial charge in [0.15, 0.2) is 0 Å². The number of carbonyl (C=O) groups is 1. The molecule has 27 heavy (non-hydrogen) atoms. The van der Waals surface area contributed by atoms with Crippen molar-refractivity contribution in [1.82, 2.24) is 4.98 Å². The number of carboxylic acid groups (broad SMARTS) is 1. The summed E-state index contributed by atoms with van der Waals surface area (Å²) in [6.45, 7) is 1.98. The summed E-state index contributed by atoms with van der Waals surface area (Å²) in [6, 6.07) is 19.2.